The molecule has 0 amide bonds. The lowest BCUT2D eigenvalue weighted by molar-refractivity contribution is -0.131. The Morgan fingerprint density at radius 3 is 2.71 bits per heavy atom. The number of carboxylic acids is 1. The molecule has 1 unspecified atom stereocenters. The quantitative estimate of drug-likeness (QED) is 0.367. The summed E-state index contributed by atoms with van der Waals surface area (Å²) >= 11 is 0. The third-order valence-electron chi connectivity index (χ3n) is 2.19. The van der Waals surface area contributed by atoms with Crippen molar-refractivity contribution < 1.29 is 9.90 Å². The van der Waals surface area contributed by atoms with Crippen molar-refractivity contribution in [2.75, 3.05) is 0 Å². The van der Waals surface area contributed by atoms with E-state index in [2.05, 4.69) is 13.5 Å². The van der Waals surface area contributed by atoms with Gasteiger partial charge in [-0.3, -0.25) is 0 Å². The minimum Gasteiger partial charge on any atom is -0.478 e. The molecule has 0 fully saturated rings. The Bertz CT molecular complexity index is 194. The highest BCUT2D eigenvalue weighted by atomic mass is 16.4. The maximum absolute atomic E-state index is 10.1. The maximum Gasteiger partial charge on any atom is 0.327 e. The zero-order valence-electron chi connectivity index (χ0n) is 8.91. The standard InChI is InChI=1S/C12H20O2/c1-3-4-8-11(2)9-6-5-7-10-12(13)14/h3,7,10-11H,1,4-6,8-9H2,2H3,(H,13,14). The molecule has 0 saturated heterocycles. The van der Waals surface area contributed by atoms with Gasteiger partial charge < -0.3 is 5.11 Å². The number of aliphatic carboxylic acids is 1. The summed E-state index contributed by atoms with van der Waals surface area (Å²) in [6.07, 6.45) is 10.3. The van der Waals surface area contributed by atoms with Crippen LogP contribution in [0, 0.1) is 5.92 Å². The Kier molecular flexibility index (Phi) is 7.90. The molecule has 0 aliphatic carbocycles. The number of carboxylic acid groups (broad SMARTS) is 1. The van der Waals surface area contributed by atoms with E-state index < -0.39 is 5.97 Å². The van der Waals surface area contributed by atoms with Gasteiger partial charge in [0.1, 0.15) is 0 Å². The second kappa shape index (κ2) is 8.54. The summed E-state index contributed by atoms with van der Waals surface area (Å²) in [7, 11) is 0. The summed E-state index contributed by atoms with van der Waals surface area (Å²) in [5, 5.41) is 8.34. The van der Waals surface area contributed by atoms with Crippen LogP contribution < -0.4 is 0 Å². The number of carbonyl (C=O) groups is 1. The summed E-state index contributed by atoms with van der Waals surface area (Å²) in [5.41, 5.74) is 0. The first kappa shape index (κ1) is 12.9. The van der Waals surface area contributed by atoms with E-state index in [1.54, 1.807) is 6.08 Å². The average molecular weight is 196 g/mol. The van der Waals surface area contributed by atoms with Gasteiger partial charge in [-0.1, -0.05) is 25.5 Å². The van der Waals surface area contributed by atoms with Crippen molar-refractivity contribution in [2.45, 2.75) is 39.0 Å². The van der Waals surface area contributed by atoms with Crippen molar-refractivity contribution in [1.29, 1.82) is 0 Å². The first-order valence-electron chi connectivity index (χ1n) is 5.17. The van der Waals surface area contributed by atoms with Gasteiger partial charge in [0.2, 0.25) is 0 Å². The van der Waals surface area contributed by atoms with Crippen LogP contribution in [0.25, 0.3) is 0 Å². The topological polar surface area (TPSA) is 37.3 Å². The van der Waals surface area contributed by atoms with E-state index >= 15 is 0 Å². The molecule has 2 nitrogen and oxygen atoms in total. The van der Waals surface area contributed by atoms with E-state index in [0.29, 0.717) is 5.92 Å². The molecule has 0 saturated carbocycles. The highest BCUT2D eigenvalue weighted by Gasteiger charge is 1.99. The van der Waals surface area contributed by atoms with Crippen LogP contribution >= 0.6 is 0 Å². The molecule has 0 aliphatic heterocycles. The first-order chi connectivity index (χ1) is 6.66. The van der Waals surface area contributed by atoms with Crippen LogP contribution in [0.4, 0.5) is 0 Å². The molecule has 2 heteroatoms. The van der Waals surface area contributed by atoms with Crippen LogP contribution in [-0.2, 0) is 4.79 Å². The van der Waals surface area contributed by atoms with Crippen molar-refractivity contribution in [3.63, 3.8) is 0 Å². The van der Waals surface area contributed by atoms with Gasteiger partial charge in [0, 0.05) is 6.08 Å². The number of allylic oxidation sites excluding steroid dienone is 2. The third kappa shape index (κ3) is 9.04. The summed E-state index contributed by atoms with van der Waals surface area (Å²) in [4.78, 5) is 10.1. The van der Waals surface area contributed by atoms with Gasteiger partial charge in [-0.15, -0.1) is 6.58 Å². The summed E-state index contributed by atoms with van der Waals surface area (Å²) in [6.45, 7) is 5.91. The van der Waals surface area contributed by atoms with Crippen molar-refractivity contribution >= 4 is 5.97 Å². The Morgan fingerprint density at radius 1 is 1.43 bits per heavy atom. The molecule has 0 aliphatic rings. The second-order valence-corrected chi connectivity index (χ2v) is 3.64. The van der Waals surface area contributed by atoms with E-state index in [1.807, 2.05) is 6.08 Å². The average Bonchev–Trinajstić information content (AvgIpc) is 2.13. The Hall–Kier alpha value is -1.05. The zero-order chi connectivity index (χ0) is 10.8. The van der Waals surface area contributed by atoms with Crippen LogP contribution in [0.5, 0.6) is 0 Å². The van der Waals surface area contributed by atoms with Crippen LogP contribution in [-0.4, -0.2) is 11.1 Å². The lowest BCUT2D eigenvalue weighted by Gasteiger charge is -2.07. The Balaban J connectivity index is 3.35. The molecule has 0 rings (SSSR count). The predicted molar refractivity (Wildman–Crippen MR) is 59.2 cm³/mol. The van der Waals surface area contributed by atoms with Gasteiger partial charge in [0.05, 0.1) is 0 Å². The normalized spacial score (nSPS) is 12.9. The maximum atomic E-state index is 10.1. The molecule has 0 aromatic carbocycles. The van der Waals surface area contributed by atoms with Crippen LogP contribution in [0.2, 0.25) is 0 Å². The molecule has 14 heavy (non-hydrogen) atoms. The minimum absolute atomic E-state index is 0.714. The fraction of sp³-hybridized carbons (Fsp3) is 0.583. The molecular formula is C12H20O2. The van der Waals surface area contributed by atoms with Crippen molar-refractivity contribution in [1.82, 2.24) is 0 Å². The molecule has 0 heterocycles. The molecule has 0 aromatic heterocycles. The largest absolute Gasteiger partial charge is 0.478 e. The number of hydrogen-bond acceptors (Lipinski definition) is 1. The van der Waals surface area contributed by atoms with Gasteiger partial charge in [-0.2, -0.15) is 0 Å². The first-order valence-corrected chi connectivity index (χ1v) is 5.17. The summed E-state index contributed by atoms with van der Waals surface area (Å²) in [5.74, 6) is -0.143. The third-order valence-corrected chi connectivity index (χ3v) is 2.19. The van der Waals surface area contributed by atoms with Gasteiger partial charge in [-0.05, 0) is 31.6 Å². The van der Waals surface area contributed by atoms with E-state index in [9.17, 15) is 4.79 Å². The van der Waals surface area contributed by atoms with Crippen molar-refractivity contribution in [3.05, 3.63) is 24.8 Å². The highest BCUT2D eigenvalue weighted by Crippen LogP contribution is 2.14. The van der Waals surface area contributed by atoms with Gasteiger partial charge in [0.25, 0.3) is 0 Å². The molecule has 80 valence electrons. The van der Waals surface area contributed by atoms with Crippen LogP contribution in [0.3, 0.4) is 0 Å². The van der Waals surface area contributed by atoms with Crippen molar-refractivity contribution in [2.24, 2.45) is 5.92 Å². The van der Waals surface area contributed by atoms with E-state index in [4.69, 9.17) is 5.11 Å². The molecular weight excluding hydrogens is 176 g/mol. The predicted octanol–water partition coefficient (Wildman–Crippen LogP) is 3.40. The van der Waals surface area contributed by atoms with E-state index in [-0.39, 0.29) is 0 Å². The Labute approximate surface area is 86.3 Å². The molecule has 0 aromatic rings. The smallest absolute Gasteiger partial charge is 0.327 e. The zero-order valence-corrected chi connectivity index (χ0v) is 8.91. The van der Waals surface area contributed by atoms with Gasteiger partial charge in [-0.25, -0.2) is 4.79 Å². The highest BCUT2D eigenvalue weighted by molar-refractivity contribution is 5.79. The minimum atomic E-state index is -0.857. The fourth-order valence-electron chi connectivity index (χ4n) is 1.32. The lowest BCUT2D eigenvalue weighted by Crippen LogP contribution is -1.93. The molecule has 1 atom stereocenters. The molecule has 0 spiro atoms. The number of hydrogen-bond donors (Lipinski definition) is 1. The number of unbranched alkanes of at least 4 members (excludes halogenated alkanes) is 1. The van der Waals surface area contributed by atoms with Crippen LogP contribution in [0.15, 0.2) is 24.8 Å². The van der Waals surface area contributed by atoms with Gasteiger partial charge >= 0.3 is 5.97 Å². The van der Waals surface area contributed by atoms with Crippen LogP contribution in [0.1, 0.15) is 39.0 Å². The lowest BCUT2D eigenvalue weighted by atomic mass is 9.99. The van der Waals surface area contributed by atoms with E-state index in [1.165, 1.54) is 12.5 Å². The fourth-order valence-corrected chi connectivity index (χ4v) is 1.32. The molecule has 1 N–H and O–H groups in total. The van der Waals surface area contributed by atoms with E-state index in [0.717, 1.165) is 25.7 Å². The second-order valence-electron chi connectivity index (χ2n) is 3.64. The van der Waals surface area contributed by atoms with Gasteiger partial charge in [0.15, 0.2) is 0 Å². The van der Waals surface area contributed by atoms with Crippen molar-refractivity contribution in [3.8, 4) is 0 Å². The molecule has 0 radical (unpaired) electrons. The molecule has 0 bridgehead atoms. The SMILES string of the molecule is C=CCCC(C)CCCC=CC(=O)O. The summed E-state index contributed by atoms with van der Waals surface area (Å²) < 4.78 is 0. The number of rotatable bonds is 8. The monoisotopic (exact) mass is 196 g/mol. The summed E-state index contributed by atoms with van der Waals surface area (Å²) in [6, 6.07) is 0. The Morgan fingerprint density at radius 2 is 2.14 bits per heavy atom.